The van der Waals surface area contributed by atoms with Gasteiger partial charge in [-0.3, -0.25) is 4.79 Å². The van der Waals surface area contributed by atoms with E-state index in [0.717, 1.165) is 11.1 Å². The van der Waals surface area contributed by atoms with Crippen molar-refractivity contribution >= 4 is 23.2 Å². The summed E-state index contributed by atoms with van der Waals surface area (Å²) in [5.74, 6) is -2.52. The Morgan fingerprint density at radius 2 is 2.18 bits per heavy atom. The van der Waals surface area contributed by atoms with E-state index >= 15 is 0 Å². The summed E-state index contributed by atoms with van der Waals surface area (Å²) < 4.78 is 13.9. The second-order valence-corrected chi connectivity index (χ2v) is 5.88. The molecule has 0 aliphatic carbocycles. The van der Waals surface area contributed by atoms with Gasteiger partial charge in [0, 0.05) is 31.1 Å². The SMILES string of the molecule is CC(CN(C)C(=O)c1ccc(C(=O)O)cc1F)c1nccs1. The molecule has 5 nitrogen and oxygen atoms in total. The van der Waals surface area contributed by atoms with E-state index in [9.17, 15) is 14.0 Å². The Hall–Kier alpha value is -2.28. The minimum atomic E-state index is -1.23. The average Bonchev–Trinajstić information content (AvgIpc) is 3.00. The van der Waals surface area contributed by atoms with Gasteiger partial charge in [0.2, 0.25) is 0 Å². The second-order valence-electron chi connectivity index (χ2n) is 4.96. The van der Waals surface area contributed by atoms with Gasteiger partial charge in [0.15, 0.2) is 0 Å². The molecule has 1 N–H and O–H groups in total. The molecule has 0 fully saturated rings. The van der Waals surface area contributed by atoms with Crippen LogP contribution >= 0.6 is 11.3 Å². The van der Waals surface area contributed by atoms with Gasteiger partial charge in [-0.15, -0.1) is 11.3 Å². The highest BCUT2D eigenvalue weighted by molar-refractivity contribution is 7.09. The highest BCUT2D eigenvalue weighted by atomic mass is 32.1. The first-order chi connectivity index (χ1) is 10.4. The molecule has 0 bridgehead atoms. The molecule has 0 radical (unpaired) electrons. The van der Waals surface area contributed by atoms with Crippen LogP contribution in [0.3, 0.4) is 0 Å². The van der Waals surface area contributed by atoms with Gasteiger partial charge in [-0.1, -0.05) is 6.92 Å². The summed E-state index contributed by atoms with van der Waals surface area (Å²) >= 11 is 1.50. The lowest BCUT2D eigenvalue weighted by molar-refractivity contribution is 0.0694. The Balaban J connectivity index is 2.12. The quantitative estimate of drug-likeness (QED) is 0.919. The van der Waals surface area contributed by atoms with E-state index in [1.165, 1.54) is 28.4 Å². The van der Waals surface area contributed by atoms with E-state index in [1.54, 1.807) is 13.2 Å². The van der Waals surface area contributed by atoms with Gasteiger partial charge >= 0.3 is 5.97 Å². The smallest absolute Gasteiger partial charge is 0.335 e. The second kappa shape index (κ2) is 6.65. The van der Waals surface area contributed by atoms with E-state index in [0.29, 0.717) is 6.54 Å². The third-order valence-electron chi connectivity index (χ3n) is 3.21. The van der Waals surface area contributed by atoms with Crippen LogP contribution in [0.25, 0.3) is 0 Å². The zero-order valence-electron chi connectivity index (χ0n) is 12.1. The van der Waals surface area contributed by atoms with Gasteiger partial charge < -0.3 is 10.0 Å². The van der Waals surface area contributed by atoms with Crippen molar-refractivity contribution in [3.8, 4) is 0 Å². The number of hydrogen-bond acceptors (Lipinski definition) is 4. The molecule has 2 aromatic rings. The molecule has 0 spiro atoms. The van der Waals surface area contributed by atoms with Crippen LogP contribution in [-0.2, 0) is 0 Å². The van der Waals surface area contributed by atoms with Crippen molar-refractivity contribution in [2.75, 3.05) is 13.6 Å². The summed E-state index contributed by atoms with van der Waals surface area (Å²) in [6, 6.07) is 3.27. The number of nitrogens with zero attached hydrogens (tertiary/aromatic N) is 2. The summed E-state index contributed by atoms with van der Waals surface area (Å²) in [5.41, 5.74) is -0.327. The highest BCUT2D eigenvalue weighted by Gasteiger charge is 2.20. The molecule has 1 aromatic carbocycles. The first-order valence-electron chi connectivity index (χ1n) is 6.58. The van der Waals surface area contributed by atoms with Crippen molar-refractivity contribution in [1.82, 2.24) is 9.88 Å². The maximum absolute atomic E-state index is 13.9. The Bertz CT molecular complexity index is 688. The molecule has 0 aliphatic heterocycles. The fourth-order valence-electron chi connectivity index (χ4n) is 2.08. The summed E-state index contributed by atoms with van der Waals surface area (Å²) in [4.78, 5) is 28.6. The van der Waals surface area contributed by atoms with Crippen LogP contribution in [0.1, 0.15) is 38.6 Å². The molecule has 0 saturated heterocycles. The first-order valence-corrected chi connectivity index (χ1v) is 7.45. The van der Waals surface area contributed by atoms with E-state index in [1.807, 2.05) is 12.3 Å². The van der Waals surface area contributed by atoms with Gasteiger partial charge in [-0.05, 0) is 18.2 Å². The van der Waals surface area contributed by atoms with Crippen molar-refractivity contribution in [3.63, 3.8) is 0 Å². The van der Waals surface area contributed by atoms with Crippen LogP contribution in [-0.4, -0.2) is 40.5 Å². The Morgan fingerprint density at radius 1 is 1.45 bits per heavy atom. The minimum absolute atomic E-state index is 0.0373. The number of likely N-dealkylation sites (N-methyl/N-ethyl adjacent to an activating group) is 1. The predicted molar refractivity (Wildman–Crippen MR) is 80.8 cm³/mol. The molecule has 7 heteroatoms. The number of aromatic nitrogens is 1. The van der Waals surface area contributed by atoms with Crippen molar-refractivity contribution < 1.29 is 19.1 Å². The highest BCUT2D eigenvalue weighted by Crippen LogP contribution is 2.20. The number of halogens is 1. The van der Waals surface area contributed by atoms with Crippen molar-refractivity contribution in [1.29, 1.82) is 0 Å². The lowest BCUT2D eigenvalue weighted by Gasteiger charge is -2.20. The molecule has 1 amide bonds. The van der Waals surface area contributed by atoms with E-state index in [2.05, 4.69) is 4.98 Å². The molecule has 0 aliphatic rings. The topological polar surface area (TPSA) is 70.5 Å². The van der Waals surface area contributed by atoms with Crippen molar-refractivity contribution in [3.05, 3.63) is 51.7 Å². The third kappa shape index (κ3) is 3.48. The van der Waals surface area contributed by atoms with Crippen LogP contribution in [0.15, 0.2) is 29.8 Å². The first kappa shape index (κ1) is 16.1. The fraction of sp³-hybridized carbons (Fsp3) is 0.267. The molecule has 1 heterocycles. The standard InChI is InChI=1S/C15H15FN2O3S/c1-9(13-17-5-6-22-13)8-18(2)14(19)11-4-3-10(15(20)21)7-12(11)16/h3-7,9H,8H2,1-2H3,(H,20,21). The summed E-state index contributed by atoms with van der Waals surface area (Å²) in [5, 5.41) is 11.6. The summed E-state index contributed by atoms with van der Waals surface area (Å²) in [6.45, 7) is 2.33. The normalized spacial score (nSPS) is 12.0. The number of amides is 1. The number of benzene rings is 1. The molecule has 0 saturated carbocycles. The molecule has 1 aromatic heterocycles. The van der Waals surface area contributed by atoms with Crippen LogP contribution in [0.4, 0.5) is 4.39 Å². The van der Waals surface area contributed by atoms with Crippen molar-refractivity contribution in [2.45, 2.75) is 12.8 Å². The Kier molecular flexibility index (Phi) is 4.87. The number of carbonyl (C=O) groups excluding carboxylic acids is 1. The number of carboxylic acids is 1. The van der Waals surface area contributed by atoms with Gasteiger partial charge in [0.25, 0.3) is 5.91 Å². The van der Waals surface area contributed by atoms with E-state index < -0.39 is 17.7 Å². The average molecular weight is 322 g/mol. The largest absolute Gasteiger partial charge is 0.478 e. The van der Waals surface area contributed by atoms with Crippen molar-refractivity contribution in [2.24, 2.45) is 0 Å². The van der Waals surface area contributed by atoms with Gasteiger partial charge in [0.05, 0.1) is 16.1 Å². The molecular formula is C15H15FN2O3S. The molecule has 1 unspecified atom stereocenters. The minimum Gasteiger partial charge on any atom is -0.478 e. The summed E-state index contributed by atoms with van der Waals surface area (Å²) in [6.07, 6.45) is 1.70. The number of rotatable bonds is 5. The predicted octanol–water partition coefficient (Wildman–Crippen LogP) is 2.86. The maximum Gasteiger partial charge on any atom is 0.335 e. The van der Waals surface area contributed by atoms with Gasteiger partial charge in [-0.25, -0.2) is 14.2 Å². The van der Waals surface area contributed by atoms with Crippen LogP contribution in [0, 0.1) is 5.82 Å². The lowest BCUT2D eigenvalue weighted by Crippen LogP contribution is -2.31. The number of thiazole rings is 1. The van der Waals surface area contributed by atoms with Gasteiger partial charge in [0.1, 0.15) is 5.82 Å². The summed E-state index contributed by atoms with van der Waals surface area (Å²) in [7, 11) is 1.58. The molecule has 2 rings (SSSR count). The van der Waals surface area contributed by atoms with Crippen LogP contribution in [0.2, 0.25) is 0 Å². The maximum atomic E-state index is 13.9. The fourth-order valence-corrected chi connectivity index (χ4v) is 2.77. The number of aromatic carboxylic acids is 1. The Morgan fingerprint density at radius 3 is 2.73 bits per heavy atom. The third-order valence-corrected chi connectivity index (χ3v) is 4.22. The van der Waals surface area contributed by atoms with E-state index in [-0.39, 0.29) is 17.0 Å². The molecule has 116 valence electrons. The zero-order valence-corrected chi connectivity index (χ0v) is 12.9. The monoisotopic (exact) mass is 322 g/mol. The van der Waals surface area contributed by atoms with Crippen LogP contribution in [0.5, 0.6) is 0 Å². The Labute approximate surface area is 131 Å². The number of carboxylic acid groups (broad SMARTS) is 1. The number of hydrogen-bond donors (Lipinski definition) is 1. The van der Waals surface area contributed by atoms with Crippen LogP contribution < -0.4 is 0 Å². The van der Waals surface area contributed by atoms with E-state index in [4.69, 9.17) is 5.11 Å². The molecule has 1 atom stereocenters. The number of carbonyl (C=O) groups is 2. The lowest BCUT2D eigenvalue weighted by atomic mass is 10.1. The van der Waals surface area contributed by atoms with Gasteiger partial charge in [-0.2, -0.15) is 0 Å². The zero-order chi connectivity index (χ0) is 16.3. The molecular weight excluding hydrogens is 307 g/mol. The molecule has 22 heavy (non-hydrogen) atoms.